The second-order valence-electron chi connectivity index (χ2n) is 9.94. The van der Waals surface area contributed by atoms with Crippen molar-refractivity contribution < 1.29 is 28.7 Å². The van der Waals surface area contributed by atoms with Crippen LogP contribution >= 0.6 is 54.0 Å². The summed E-state index contributed by atoms with van der Waals surface area (Å²) in [6.07, 6.45) is 0.776. The second-order valence-corrected chi connectivity index (χ2v) is 9.94. The van der Waals surface area contributed by atoms with Crippen LogP contribution in [0.1, 0.15) is 37.8 Å². The fourth-order valence-corrected chi connectivity index (χ4v) is 4.36. The summed E-state index contributed by atoms with van der Waals surface area (Å²) >= 11 is 0. The van der Waals surface area contributed by atoms with Gasteiger partial charge in [-0.15, -0.1) is 0 Å². The number of amides is 4. The van der Waals surface area contributed by atoms with Crippen LogP contribution in [0, 0.1) is 11.8 Å². The lowest BCUT2D eigenvalue weighted by atomic mass is 9.98. The normalized spacial score (nSPS) is 15.3. The molecule has 240 valence electrons. The maximum Gasteiger partial charge on any atom is 0.408 e. The molecular weight excluding hydrogens is 629 g/mol. The minimum atomic E-state index is -1.02. The minimum absolute atomic E-state index is 0. The van der Waals surface area contributed by atoms with Gasteiger partial charge < -0.3 is 30.8 Å². The number of benzene rings is 2. The first-order chi connectivity index (χ1) is 18.8. The van der Waals surface area contributed by atoms with Crippen molar-refractivity contribution in [3.63, 3.8) is 0 Å². The minimum Gasteiger partial charge on any atom is -0.445 e. The smallest absolute Gasteiger partial charge is 0.408 e. The Morgan fingerprint density at radius 2 is 1.47 bits per heavy atom. The third kappa shape index (κ3) is 14.0. The Bertz CT molecular complexity index is 1140. The van der Waals surface area contributed by atoms with Gasteiger partial charge in [0.05, 0.1) is 6.04 Å². The van der Waals surface area contributed by atoms with Gasteiger partial charge >= 0.3 is 6.09 Å². The Kier molecular flexibility index (Phi) is 21.5. The highest BCUT2D eigenvalue weighted by atomic mass is 32.1. The van der Waals surface area contributed by atoms with E-state index in [1.807, 2.05) is 60.7 Å². The average Bonchev–Trinajstić information content (AvgIpc) is 3.34. The topological polar surface area (TPSA) is 143 Å². The summed E-state index contributed by atoms with van der Waals surface area (Å²) in [5, 5.41) is 10.7. The molecule has 0 aliphatic carbocycles. The van der Waals surface area contributed by atoms with Crippen molar-refractivity contribution in [3.8, 4) is 0 Å². The lowest BCUT2D eigenvalue weighted by Crippen LogP contribution is -2.57. The van der Waals surface area contributed by atoms with Gasteiger partial charge in [0, 0.05) is 18.9 Å². The van der Waals surface area contributed by atoms with Crippen molar-refractivity contribution in [2.45, 2.75) is 57.8 Å². The fraction of sp³-hybridized carbons (Fsp3) is 0.414. The van der Waals surface area contributed by atoms with Gasteiger partial charge in [-0.3, -0.25) is 14.4 Å². The molecule has 0 unspecified atom stereocenters. The van der Waals surface area contributed by atoms with E-state index in [2.05, 4.69) is 21.3 Å². The van der Waals surface area contributed by atoms with Gasteiger partial charge in [-0.2, -0.15) is 54.0 Å². The van der Waals surface area contributed by atoms with Crippen LogP contribution in [0.3, 0.4) is 0 Å². The maximum absolute atomic E-state index is 13.3. The van der Waals surface area contributed by atoms with Crippen LogP contribution in [-0.2, 0) is 36.9 Å². The van der Waals surface area contributed by atoms with E-state index in [1.165, 1.54) is 0 Å². The van der Waals surface area contributed by atoms with Gasteiger partial charge in [0.2, 0.25) is 17.7 Å². The molecule has 0 saturated carbocycles. The lowest BCUT2D eigenvalue weighted by Gasteiger charge is -2.26. The van der Waals surface area contributed by atoms with Crippen LogP contribution in [0.25, 0.3) is 0 Å². The molecule has 14 heteroatoms. The molecule has 4 N–H and O–H groups in total. The first-order valence-corrected chi connectivity index (χ1v) is 13.1. The number of ether oxygens (including phenoxy) is 1. The highest BCUT2D eigenvalue weighted by Gasteiger charge is 2.32. The lowest BCUT2D eigenvalue weighted by molar-refractivity contribution is -0.131. The number of hydrogen-bond donors (Lipinski definition) is 4. The van der Waals surface area contributed by atoms with Crippen molar-refractivity contribution in [1.82, 2.24) is 21.3 Å². The SMILES string of the molecule is CC(C)[C@H](NC(=O)OCc1ccccc1)C(=O)N[C@@H](Cc1ccccc1)C(=O)N[C@H](C=O)C[C@@H]1CCNC1=O.S.S.S.S. The van der Waals surface area contributed by atoms with Gasteiger partial charge in [-0.25, -0.2) is 4.79 Å². The van der Waals surface area contributed by atoms with Crippen LogP contribution in [0.15, 0.2) is 60.7 Å². The summed E-state index contributed by atoms with van der Waals surface area (Å²) in [6.45, 7) is 4.11. The largest absolute Gasteiger partial charge is 0.445 e. The summed E-state index contributed by atoms with van der Waals surface area (Å²) in [7, 11) is 0. The highest BCUT2D eigenvalue weighted by Crippen LogP contribution is 2.16. The maximum atomic E-state index is 13.3. The van der Waals surface area contributed by atoms with Crippen LogP contribution < -0.4 is 21.3 Å². The molecule has 1 saturated heterocycles. The molecule has 1 aliphatic heterocycles. The molecule has 4 amide bonds. The number of hydrogen-bond acceptors (Lipinski definition) is 6. The molecule has 2 aromatic rings. The van der Waals surface area contributed by atoms with Gasteiger partial charge in [-0.05, 0) is 29.9 Å². The first kappa shape index (κ1) is 42.3. The Morgan fingerprint density at radius 3 is 1.98 bits per heavy atom. The Morgan fingerprint density at radius 1 is 0.884 bits per heavy atom. The molecule has 0 radical (unpaired) electrons. The Labute approximate surface area is 281 Å². The van der Waals surface area contributed by atoms with E-state index < -0.39 is 36.0 Å². The van der Waals surface area contributed by atoms with E-state index in [0.29, 0.717) is 19.3 Å². The van der Waals surface area contributed by atoms with Gasteiger partial charge in [-0.1, -0.05) is 74.5 Å². The molecule has 0 aromatic heterocycles. The number of carbonyl (C=O) groups excluding carboxylic acids is 5. The molecule has 43 heavy (non-hydrogen) atoms. The predicted octanol–water partition coefficient (Wildman–Crippen LogP) is 2.33. The zero-order valence-electron chi connectivity index (χ0n) is 24.2. The van der Waals surface area contributed by atoms with Gasteiger partial charge in [0.15, 0.2) is 0 Å². The molecular formula is C29H44N4O6S4. The third-order valence-electron chi connectivity index (χ3n) is 6.54. The summed E-state index contributed by atoms with van der Waals surface area (Å²) in [4.78, 5) is 62.7. The molecule has 0 bridgehead atoms. The number of rotatable bonds is 13. The van der Waals surface area contributed by atoms with E-state index >= 15 is 0 Å². The molecule has 3 rings (SSSR count). The Hall–Kier alpha value is -2.81. The highest BCUT2D eigenvalue weighted by molar-refractivity contribution is 7.59. The second kappa shape index (κ2) is 21.8. The molecule has 1 fully saturated rings. The number of carbonyl (C=O) groups is 5. The van der Waals surface area contributed by atoms with E-state index in [9.17, 15) is 24.0 Å². The predicted molar refractivity (Wildman–Crippen MR) is 186 cm³/mol. The average molecular weight is 673 g/mol. The molecule has 1 aliphatic rings. The van der Waals surface area contributed by atoms with Crippen molar-refractivity contribution in [2.24, 2.45) is 11.8 Å². The zero-order chi connectivity index (χ0) is 28.2. The van der Waals surface area contributed by atoms with E-state index in [0.717, 1.165) is 11.1 Å². The van der Waals surface area contributed by atoms with E-state index in [-0.39, 0.29) is 91.2 Å². The summed E-state index contributed by atoms with van der Waals surface area (Å²) in [5.74, 6) is -1.93. The van der Waals surface area contributed by atoms with Crippen LogP contribution in [0.4, 0.5) is 4.79 Å². The quantitative estimate of drug-likeness (QED) is 0.241. The third-order valence-corrected chi connectivity index (χ3v) is 6.54. The summed E-state index contributed by atoms with van der Waals surface area (Å²) in [6, 6.07) is 15.4. The van der Waals surface area contributed by atoms with Crippen molar-refractivity contribution in [3.05, 3.63) is 71.8 Å². The summed E-state index contributed by atoms with van der Waals surface area (Å²) in [5.41, 5.74) is 1.60. The van der Waals surface area contributed by atoms with Crippen LogP contribution in [0.2, 0.25) is 0 Å². The first-order valence-electron chi connectivity index (χ1n) is 13.1. The standard InChI is InChI=1S/C29H36N4O6.4H2S/c1-19(2)25(33-29(38)39-18-21-11-7-4-8-12-21)28(37)32-24(15-20-9-5-3-6-10-20)27(36)31-23(17-34)16-22-13-14-30-26(22)35;;;;/h3-12,17,19,22-25H,13-16,18H2,1-2H3,(H,30,35)(H,31,36)(H,32,37)(H,33,38);4*1H2/t22-,23-,24-,25-;;;;/m0..../s1. The van der Waals surface area contributed by atoms with Crippen LogP contribution in [0.5, 0.6) is 0 Å². The van der Waals surface area contributed by atoms with E-state index in [1.54, 1.807) is 13.8 Å². The molecule has 2 aromatic carbocycles. The van der Waals surface area contributed by atoms with Gasteiger partial charge in [0.25, 0.3) is 0 Å². The van der Waals surface area contributed by atoms with Gasteiger partial charge in [0.1, 0.15) is 25.0 Å². The van der Waals surface area contributed by atoms with Crippen molar-refractivity contribution in [1.29, 1.82) is 0 Å². The van der Waals surface area contributed by atoms with Crippen molar-refractivity contribution >= 4 is 84.1 Å². The molecule has 1 heterocycles. The fourth-order valence-electron chi connectivity index (χ4n) is 4.36. The monoisotopic (exact) mass is 672 g/mol. The van der Waals surface area contributed by atoms with E-state index in [4.69, 9.17) is 4.74 Å². The van der Waals surface area contributed by atoms with Crippen LogP contribution in [-0.4, -0.2) is 54.8 Å². The molecule has 4 atom stereocenters. The molecule has 0 spiro atoms. The number of nitrogens with one attached hydrogen (secondary N) is 4. The number of alkyl carbamates (subject to hydrolysis) is 1. The molecule has 10 nitrogen and oxygen atoms in total. The van der Waals surface area contributed by atoms with Crippen molar-refractivity contribution in [2.75, 3.05) is 6.54 Å². The Balaban J connectivity index is 0. The zero-order valence-corrected chi connectivity index (χ0v) is 28.2. The number of aldehydes is 1. The summed E-state index contributed by atoms with van der Waals surface area (Å²) < 4.78 is 5.27.